The highest BCUT2D eigenvalue weighted by Crippen LogP contribution is 2.17. The van der Waals surface area contributed by atoms with Crippen LogP contribution in [0.25, 0.3) is 11.0 Å². The summed E-state index contributed by atoms with van der Waals surface area (Å²) in [6.45, 7) is 0.113. The number of benzene rings is 1. The van der Waals surface area contributed by atoms with E-state index in [0.717, 1.165) is 0 Å². The number of carbonyl (C=O) groups excluding carboxylic acids is 1. The Labute approximate surface area is 85.7 Å². The second-order valence-corrected chi connectivity index (χ2v) is 3.01. The molecule has 2 aromatic rings. The quantitative estimate of drug-likeness (QED) is 0.769. The molecule has 0 bridgehead atoms. The van der Waals surface area contributed by atoms with Gasteiger partial charge in [0.25, 0.3) is 5.91 Å². The summed E-state index contributed by atoms with van der Waals surface area (Å²) >= 11 is 0. The van der Waals surface area contributed by atoms with Crippen LogP contribution >= 0.6 is 0 Å². The number of amides is 1. The number of aliphatic hydroxyl groups excluding tert-OH is 1. The Morgan fingerprint density at radius 3 is 3.07 bits per heavy atom. The van der Waals surface area contributed by atoms with E-state index in [4.69, 9.17) is 9.63 Å². The van der Waals surface area contributed by atoms with Gasteiger partial charge < -0.3 is 14.9 Å². The monoisotopic (exact) mass is 206 g/mol. The van der Waals surface area contributed by atoms with Crippen molar-refractivity contribution in [3.05, 3.63) is 30.0 Å². The van der Waals surface area contributed by atoms with Gasteiger partial charge in [0.2, 0.25) is 0 Å². The van der Waals surface area contributed by atoms with Gasteiger partial charge >= 0.3 is 0 Å². The zero-order valence-corrected chi connectivity index (χ0v) is 7.93. The van der Waals surface area contributed by atoms with Gasteiger partial charge in [-0.15, -0.1) is 0 Å². The van der Waals surface area contributed by atoms with Gasteiger partial charge in [-0.3, -0.25) is 4.79 Å². The van der Waals surface area contributed by atoms with Crippen molar-refractivity contribution in [2.75, 3.05) is 13.2 Å². The maximum atomic E-state index is 11.5. The van der Waals surface area contributed by atoms with Gasteiger partial charge in [-0.05, 0) is 12.1 Å². The molecule has 0 spiro atoms. The van der Waals surface area contributed by atoms with Crippen LogP contribution in [0.5, 0.6) is 0 Å². The maximum absolute atomic E-state index is 11.5. The minimum Gasteiger partial charge on any atom is -0.395 e. The third kappa shape index (κ3) is 1.82. The van der Waals surface area contributed by atoms with E-state index in [-0.39, 0.29) is 24.8 Å². The summed E-state index contributed by atoms with van der Waals surface area (Å²) in [6, 6.07) is 7.12. The Morgan fingerprint density at radius 1 is 1.47 bits per heavy atom. The molecule has 0 unspecified atom stereocenters. The van der Waals surface area contributed by atoms with Gasteiger partial charge in [-0.25, -0.2) is 0 Å². The van der Waals surface area contributed by atoms with E-state index < -0.39 is 0 Å². The highest BCUT2D eigenvalue weighted by molar-refractivity contribution is 6.03. The summed E-state index contributed by atoms with van der Waals surface area (Å²) in [5.74, 6) is -0.339. The predicted octanol–water partition coefficient (Wildman–Crippen LogP) is 0.550. The number of carbonyl (C=O) groups is 1. The number of aliphatic hydroxyl groups is 1. The lowest BCUT2D eigenvalue weighted by atomic mass is 10.2. The second kappa shape index (κ2) is 4.10. The Bertz CT molecular complexity index is 478. The van der Waals surface area contributed by atoms with Crippen LogP contribution in [0.3, 0.4) is 0 Å². The van der Waals surface area contributed by atoms with E-state index in [1.807, 2.05) is 12.1 Å². The van der Waals surface area contributed by atoms with Crippen LogP contribution in [0.2, 0.25) is 0 Å². The highest BCUT2D eigenvalue weighted by atomic mass is 16.5. The number of rotatable bonds is 3. The van der Waals surface area contributed by atoms with Gasteiger partial charge in [0.05, 0.1) is 12.0 Å². The molecule has 0 aliphatic rings. The Morgan fingerprint density at radius 2 is 2.27 bits per heavy atom. The molecular weight excluding hydrogens is 196 g/mol. The van der Waals surface area contributed by atoms with E-state index >= 15 is 0 Å². The fourth-order valence-electron chi connectivity index (χ4n) is 1.30. The minimum atomic E-state index is -0.339. The molecule has 0 radical (unpaired) electrons. The van der Waals surface area contributed by atoms with Crippen molar-refractivity contribution in [2.45, 2.75) is 0 Å². The number of aromatic nitrogens is 1. The lowest BCUT2D eigenvalue weighted by molar-refractivity contribution is 0.0937. The van der Waals surface area contributed by atoms with Crippen LogP contribution in [-0.2, 0) is 0 Å². The first kappa shape index (κ1) is 9.67. The van der Waals surface area contributed by atoms with Crippen LogP contribution < -0.4 is 5.32 Å². The molecular formula is C10H10N2O3. The van der Waals surface area contributed by atoms with Crippen LogP contribution in [0, 0.1) is 0 Å². The molecule has 1 heterocycles. The van der Waals surface area contributed by atoms with E-state index in [0.29, 0.717) is 11.0 Å². The Kier molecular flexibility index (Phi) is 2.64. The smallest absolute Gasteiger partial charge is 0.274 e. The molecule has 0 aliphatic heterocycles. The summed E-state index contributed by atoms with van der Waals surface area (Å²) in [7, 11) is 0. The van der Waals surface area contributed by atoms with Crippen LogP contribution in [-0.4, -0.2) is 29.3 Å². The number of nitrogens with one attached hydrogen (secondary N) is 1. The number of para-hydroxylation sites is 1. The first-order valence-corrected chi connectivity index (χ1v) is 4.56. The molecule has 0 saturated carbocycles. The zero-order valence-electron chi connectivity index (χ0n) is 7.93. The first-order valence-electron chi connectivity index (χ1n) is 4.56. The van der Waals surface area contributed by atoms with Gasteiger partial charge in [0.15, 0.2) is 11.3 Å². The molecule has 78 valence electrons. The minimum absolute atomic E-state index is 0.0957. The van der Waals surface area contributed by atoms with E-state index in [9.17, 15) is 4.79 Å². The number of fused-ring (bicyclic) bond motifs is 1. The fraction of sp³-hybridized carbons (Fsp3) is 0.200. The molecule has 5 nitrogen and oxygen atoms in total. The lowest BCUT2D eigenvalue weighted by Crippen LogP contribution is -2.26. The standard InChI is InChI=1S/C10H10N2O3/c13-6-5-11-10(14)9-7-3-1-2-4-8(7)15-12-9/h1-4,13H,5-6H2,(H,11,14). The molecule has 0 aliphatic carbocycles. The number of hydrogen-bond acceptors (Lipinski definition) is 4. The number of nitrogens with zero attached hydrogens (tertiary/aromatic N) is 1. The van der Waals surface area contributed by atoms with Crippen molar-refractivity contribution in [1.82, 2.24) is 10.5 Å². The van der Waals surface area contributed by atoms with Crippen molar-refractivity contribution < 1.29 is 14.4 Å². The molecule has 0 fully saturated rings. The predicted molar refractivity (Wildman–Crippen MR) is 53.4 cm³/mol. The average Bonchev–Trinajstić information content (AvgIpc) is 2.69. The summed E-state index contributed by atoms with van der Waals surface area (Å²) in [5.41, 5.74) is 0.825. The summed E-state index contributed by atoms with van der Waals surface area (Å²) in [5, 5.41) is 15.4. The van der Waals surface area contributed by atoms with Crippen LogP contribution in [0.4, 0.5) is 0 Å². The van der Waals surface area contributed by atoms with Crippen molar-refractivity contribution in [3.8, 4) is 0 Å². The van der Waals surface area contributed by atoms with Gasteiger partial charge in [0, 0.05) is 6.54 Å². The zero-order chi connectivity index (χ0) is 10.7. The number of hydrogen-bond donors (Lipinski definition) is 2. The molecule has 15 heavy (non-hydrogen) atoms. The van der Waals surface area contributed by atoms with Gasteiger partial charge in [-0.2, -0.15) is 0 Å². The van der Waals surface area contributed by atoms with Crippen LogP contribution in [0.1, 0.15) is 10.5 Å². The highest BCUT2D eigenvalue weighted by Gasteiger charge is 2.14. The lowest BCUT2D eigenvalue weighted by Gasteiger charge is -1.98. The van der Waals surface area contributed by atoms with Crippen molar-refractivity contribution in [3.63, 3.8) is 0 Å². The molecule has 2 rings (SSSR count). The first-order chi connectivity index (χ1) is 7.33. The Hall–Kier alpha value is -1.88. The SMILES string of the molecule is O=C(NCCO)c1noc2ccccc12. The average molecular weight is 206 g/mol. The van der Waals surface area contributed by atoms with Gasteiger partial charge in [0.1, 0.15) is 0 Å². The fourth-order valence-corrected chi connectivity index (χ4v) is 1.30. The van der Waals surface area contributed by atoms with E-state index in [1.54, 1.807) is 12.1 Å². The normalized spacial score (nSPS) is 10.5. The molecule has 0 atom stereocenters. The summed E-state index contributed by atoms with van der Waals surface area (Å²) in [4.78, 5) is 11.5. The molecule has 2 N–H and O–H groups in total. The van der Waals surface area contributed by atoms with Gasteiger partial charge in [-0.1, -0.05) is 17.3 Å². The third-order valence-corrected chi connectivity index (χ3v) is 1.99. The second-order valence-electron chi connectivity index (χ2n) is 3.01. The largest absolute Gasteiger partial charge is 0.395 e. The molecule has 0 saturated heterocycles. The maximum Gasteiger partial charge on any atom is 0.274 e. The van der Waals surface area contributed by atoms with Crippen molar-refractivity contribution in [2.24, 2.45) is 0 Å². The van der Waals surface area contributed by atoms with Crippen LogP contribution in [0.15, 0.2) is 28.8 Å². The Balaban J connectivity index is 2.31. The molecule has 5 heteroatoms. The molecule has 1 amide bonds. The van der Waals surface area contributed by atoms with Crippen molar-refractivity contribution >= 4 is 16.9 Å². The van der Waals surface area contributed by atoms with E-state index in [2.05, 4.69) is 10.5 Å². The third-order valence-electron chi connectivity index (χ3n) is 1.99. The summed E-state index contributed by atoms with van der Waals surface area (Å²) in [6.07, 6.45) is 0. The van der Waals surface area contributed by atoms with E-state index in [1.165, 1.54) is 0 Å². The molecule has 1 aromatic heterocycles. The van der Waals surface area contributed by atoms with Crippen molar-refractivity contribution in [1.29, 1.82) is 0 Å². The topological polar surface area (TPSA) is 75.4 Å². The summed E-state index contributed by atoms with van der Waals surface area (Å²) < 4.78 is 4.98. The molecule has 1 aromatic carbocycles.